The third-order valence-corrected chi connectivity index (χ3v) is 7.69. The van der Waals surface area contributed by atoms with Crippen LogP contribution < -0.4 is 5.32 Å². The number of rotatable bonds is 2. The van der Waals surface area contributed by atoms with Crippen LogP contribution in [0.4, 0.5) is 5.69 Å². The number of imide groups is 1. The Balaban J connectivity index is 1.48. The van der Waals surface area contributed by atoms with E-state index in [1.807, 2.05) is 0 Å². The van der Waals surface area contributed by atoms with Crippen molar-refractivity contribution in [1.82, 2.24) is 9.80 Å². The van der Waals surface area contributed by atoms with Crippen LogP contribution in [0.15, 0.2) is 18.2 Å². The summed E-state index contributed by atoms with van der Waals surface area (Å²) in [5.74, 6) is -1.79. The standard InChI is InChI=1S/C21H22ClN3O4/c22-11-5-6-14-13(9-11)21(20(28)23-14)17-16(15-4-1-7-25(15)21)18(26)24(19(17)27)10-12-3-2-8-29-12/h5-6,9,12,15-17H,1-4,7-8,10H2,(H,23,28)/t12-,15-,16-,17+,21+/m0/s1. The molecule has 1 spiro atoms. The number of benzene rings is 1. The lowest BCUT2D eigenvalue weighted by Crippen LogP contribution is -2.54. The summed E-state index contributed by atoms with van der Waals surface area (Å²) < 4.78 is 5.68. The minimum atomic E-state index is -1.15. The Morgan fingerprint density at radius 1 is 1.17 bits per heavy atom. The van der Waals surface area contributed by atoms with E-state index in [0.29, 0.717) is 23.9 Å². The van der Waals surface area contributed by atoms with Crippen LogP contribution in [0.2, 0.25) is 5.02 Å². The van der Waals surface area contributed by atoms with E-state index < -0.39 is 17.4 Å². The molecule has 0 unspecified atom stereocenters. The number of hydrogen-bond acceptors (Lipinski definition) is 5. The van der Waals surface area contributed by atoms with E-state index in [1.165, 1.54) is 4.90 Å². The number of halogens is 1. The smallest absolute Gasteiger partial charge is 0.250 e. The van der Waals surface area contributed by atoms with Gasteiger partial charge in [-0.2, -0.15) is 0 Å². The molecule has 5 aliphatic heterocycles. The van der Waals surface area contributed by atoms with Crippen molar-refractivity contribution in [2.45, 2.75) is 43.4 Å². The highest BCUT2D eigenvalue weighted by Gasteiger charge is 2.74. The van der Waals surface area contributed by atoms with Gasteiger partial charge in [-0.15, -0.1) is 0 Å². The van der Waals surface area contributed by atoms with Gasteiger partial charge < -0.3 is 10.1 Å². The summed E-state index contributed by atoms with van der Waals surface area (Å²) >= 11 is 6.29. The predicted molar refractivity (Wildman–Crippen MR) is 104 cm³/mol. The number of hydrogen-bond donors (Lipinski definition) is 1. The normalized spacial score (nSPS) is 38.1. The molecule has 0 aromatic heterocycles. The quantitative estimate of drug-likeness (QED) is 0.744. The first kappa shape index (κ1) is 17.9. The van der Waals surface area contributed by atoms with Crippen LogP contribution in [0, 0.1) is 11.8 Å². The predicted octanol–water partition coefficient (Wildman–Crippen LogP) is 1.75. The van der Waals surface area contributed by atoms with Crippen molar-refractivity contribution >= 4 is 35.0 Å². The minimum absolute atomic E-state index is 0.0957. The number of ether oxygens (including phenoxy) is 1. The molecular formula is C21H22ClN3O4. The van der Waals surface area contributed by atoms with Gasteiger partial charge >= 0.3 is 0 Å². The van der Waals surface area contributed by atoms with Crippen LogP contribution in [-0.4, -0.2) is 59.4 Å². The van der Waals surface area contributed by atoms with E-state index in [2.05, 4.69) is 10.2 Å². The Morgan fingerprint density at radius 3 is 2.83 bits per heavy atom. The summed E-state index contributed by atoms with van der Waals surface area (Å²) in [4.78, 5) is 44.0. The Bertz CT molecular complexity index is 946. The number of likely N-dealkylation sites (tertiary alicyclic amines) is 1. The zero-order valence-electron chi connectivity index (χ0n) is 15.9. The van der Waals surface area contributed by atoms with Gasteiger partial charge in [0.05, 0.1) is 24.5 Å². The van der Waals surface area contributed by atoms with Crippen LogP contribution in [0.5, 0.6) is 0 Å². The van der Waals surface area contributed by atoms with Gasteiger partial charge in [0.2, 0.25) is 17.7 Å². The molecule has 7 nitrogen and oxygen atoms in total. The molecule has 5 aliphatic rings. The molecule has 3 amide bonds. The van der Waals surface area contributed by atoms with Crippen molar-refractivity contribution in [1.29, 1.82) is 0 Å². The van der Waals surface area contributed by atoms with Gasteiger partial charge in [-0.25, -0.2) is 0 Å². The van der Waals surface area contributed by atoms with Crippen LogP contribution >= 0.6 is 11.6 Å². The fourth-order valence-corrected chi connectivity index (χ4v) is 6.58. The zero-order valence-corrected chi connectivity index (χ0v) is 16.7. The number of nitrogens with one attached hydrogen (secondary N) is 1. The highest BCUT2D eigenvalue weighted by atomic mass is 35.5. The molecule has 0 bridgehead atoms. The Labute approximate surface area is 173 Å². The molecule has 4 saturated heterocycles. The fraction of sp³-hybridized carbons (Fsp3) is 0.571. The highest BCUT2D eigenvalue weighted by Crippen LogP contribution is 2.60. The van der Waals surface area contributed by atoms with Crippen molar-refractivity contribution in [2.75, 3.05) is 25.0 Å². The number of anilines is 1. The molecule has 6 rings (SSSR count). The first-order chi connectivity index (χ1) is 14.0. The SMILES string of the molecule is O=C1[C@H]2[C@@H]3CCCN3[C@@]3(C(=O)Nc4ccc(Cl)cc43)[C@H]2C(=O)N1C[C@@H]1CCCO1. The summed E-state index contributed by atoms with van der Waals surface area (Å²) in [6, 6.07) is 5.21. The molecule has 1 aromatic rings. The van der Waals surface area contributed by atoms with Crippen LogP contribution in [0.3, 0.4) is 0 Å². The van der Waals surface area contributed by atoms with Crippen LogP contribution in [-0.2, 0) is 24.7 Å². The summed E-state index contributed by atoms with van der Waals surface area (Å²) in [5.41, 5.74) is 0.266. The molecule has 0 aliphatic carbocycles. The fourth-order valence-electron chi connectivity index (χ4n) is 6.41. The maximum absolute atomic E-state index is 13.6. The lowest BCUT2D eigenvalue weighted by molar-refractivity contribution is -0.147. The lowest BCUT2D eigenvalue weighted by atomic mass is 9.75. The van der Waals surface area contributed by atoms with Gasteiger partial charge in [-0.3, -0.25) is 24.2 Å². The van der Waals surface area contributed by atoms with E-state index in [4.69, 9.17) is 16.3 Å². The minimum Gasteiger partial charge on any atom is -0.376 e. The molecule has 0 radical (unpaired) electrons. The van der Waals surface area contributed by atoms with Gasteiger partial charge in [0.1, 0.15) is 5.54 Å². The first-order valence-corrected chi connectivity index (χ1v) is 10.8. The van der Waals surface area contributed by atoms with E-state index in [1.54, 1.807) is 18.2 Å². The Kier molecular flexibility index (Phi) is 3.71. The molecule has 1 N–H and O–H groups in total. The Morgan fingerprint density at radius 2 is 2.03 bits per heavy atom. The molecule has 0 saturated carbocycles. The van der Waals surface area contributed by atoms with Gasteiger partial charge in [-0.1, -0.05) is 11.6 Å². The van der Waals surface area contributed by atoms with Crippen LogP contribution in [0.1, 0.15) is 31.2 Å². The molecule has 4 fully saturated rings. The summed E-state index contributed by atoms with van der Waals surface area (Å²) in [7, 11) is 0. The highest BCUT2D eigenvalue weighted by molar-refractivity contribution is 6.31. The third-order valence-electron chi connectivity index (χ3n) is 7.46. The van der Waals surface area contributed by atoms with Gasteiger partial charge in [-0.05, 0) is 50.4 Å². The third kappa shape index (κ3) is 2.13. The number of carbonyl (C=O) groups is 3. The first-order valence-electron chi connectivity index (χ1n) is 10.4. The van der Waals surface area contributed by atoms with Crippen molar-refractivity contribution < 1.29 is 19.1 Å². The van der Waals surface area contributed by atoms with Gasteiger partial charge in [0.15, 0.2) is 0 Å². The number of fused-ring (bicyclic) bond motifs is 7. The van der Waals surface area contributed by atoms with E-state index in [-0.39, 0.29) is 36.4 Å². The van der Waals surface area contributed by atoms with E-state index >= 15 is 0 Å². The molecule has 5 atom stereocenters. The van der Waals surface area contributed by atoms with Gasteiger partial charge in [0.25, 0.3) is 0 Å². The molecule has 152 valence electrons. The molecule has 29 heavy (non-hydrogen) atoms. The lowest BCUT2D eigenvalue weighted by Gasteiger charge is -2.36. The summed E-state index contributed by atoms with van der Waals surface area (Å²) in [6.45, 7) is 1.66. The monoisotopic (exact) mass is 415 g/mol. The molecular weight excluding hydrogens is 394 g/mol. The van der Waals surface area contributed by atoms with E-state index in [9.17, 15) is 14.4 Å². The van der Waals surface area contributed by atoms with Crippen molar-refractivity contribution in [3.05, 3.63) is 28.8 Å². The Hall–Kier alpha value is -1.96. The molecule has 8 heteroatoms. The van der Waals surface area contributed by atoms with Crippen LogP contribution in [0.25, 0.3) is 0 Å². The molecule has 5 heterocycles. The van der Waals surface area contributed by atoms with Crippen molar-refractivity contribution in [3.63, 3.8) is 0 Å². The number of carbonyl (C=O) groups excluding carboxylic acids is 3. The topological polar surface area (TPSA) is 79.0 Å². The average molecular weight is 416 g/mol. The maximum atomic E-state index is 13.6. The van der Waals surface area contributed by atoms with E-state index in [0.717, 1.165) is 31.2 Å². The molecule has 1 aromatic carbocycles. The second kappa shape index (κ2) is 6.03. The number of nitrogens with zero attached hydrogens (tertiary/aromatic N) is 2. The summed E-state index contributed by atoms with van der Waals surface area (Å²) in [5, 5.41) is 3.48. The second-order valence-corrected chi connectivity index (χ2v) is 9.18. The average Bonchev–Trinajstić information content (AvgIpc) is 3.47. The number of amides is 3. The zero-order chi connectivity index (χ0) is 19.9. The van der Waals surface area contributed by atoms with Crippen molar-refractivity contribution in [3.8, 4) is 0 Å². The summed E-state index contributed by atoms with van der Waals surface area (Å²) in [6.07, 6.45) is 3.43. The van der Waals surface area contributed by atoms with Gasteiger partial charge in [0, 0.05) is 28.9 Å². The van der Waals surface area contributed by atoms with Crippen molar-refractivity contribution in [2.24, 2.45) is 11.8 Å². The second-order valence-electron chi connectivity index (χ2n) is 8.74. The maximum Gasteiger partial charge on any atom is 0.250 e. The largest absolute Gasteiger partial charge is 0.376 e.